The predicted octanol–water partition coefficient (Wildman–Crippen LogP) is 3.98. The Morgan fingerprint density at radius 3 is 1.97 bits per heavy atom. The van der Waals surface area contributed by atoms with E-state index in [2.05, 4.69) is 39.9 Å². The zero-order chi connectivity index (χ0) is 44.1. The number of hydrogen-bond donors (Lipinski definition) is 3. The molecular weight excluding hydrogens is 902 g/mol. The van der Waals surface area contributed by atoms with Crippen LogP contribution in [-0.2, 0) is 51.9 Å². The van der Waals surface area contributed by atoms with Crippen molar-refractivity contribution in [3.8, 4) is 5.75 Å². The summed E-state index contributed by atoms with van der Waals surface area (Å²) in [6.45, 7) is -4.46. The summed E-state index contributed by atoms with van der Waals surface area (Å²) in [5.74, 6) is 0.525. The summed E-state index contributed by atoms with van der Waals surface area (Å²) in [5, 5.41) is 3.38. The van der Waals surface area contributed by atoms with Crippen LogP contribution in [-0.4, -0.2) is 133 Å². The van der Waals surface area contributed by atoms with Gasteiger partial charge in [-0.25, -0.2) is 47.8 Å². The summed E-state index contributed by atoms with van der Waals surface area (Å²) in [5.41, 5.74) is 21.2. The lowest BCUT2D eigenvalue weighted by molar-refractivity contribution is -0.0605. The molecule has 3 saturated heterocycles. The molecule has 5 aromatic rings. The maximum absolute atomic E-state index is 16.7. The molecular formula is C33H39F2N13O12P2S. The van der Waals surface area contributed by atoms with E-state index in [1.807, 2.05) is 0 Å². The number of nitrogens with two attached hydrogens (primary N) is 2. The molecule has 3 aliphatic heterocycles. The van der Waals surface area contributed by atoms with Crippen LogP contribution in [0.2, 0.25) is 0 Å². The molecule has 8 rings (SSSR count). The molecule has 10 atom stereocenters. The van der Waals surface area contributed by atoms with Gasteiger partial charge in [0, 0.05) is 17.2 Å². The smallest absolute Gasteiger partial charge is 0.472 e. The first-order valence-corrected chi connectivity index (χ1v) is 23.6. The van der Waals surface area contributed by atoms with Crippen LogP contribution in [0.15, 0.2) is 54.7 Å². The monoisotopic (exact) mass is 941 g/mol. The van der Waals surface area contributed by atoms with Crippen LogP contribution in [0, 0.1) is 0 Å². The van der Waals surface area contributed by atoms with Crippen LogP contribution in [0.4, 0.5) is 20.4 Å². The van der Waals surface area contributed by atoms with E-state index in [0.717, 1.165) is 12.7 Å². The number of phosphoric ester groups is 1. The molecule has 0 amide bonds. The molecule has 0 bridgehead atoms. The molecule has 1 unspecified atom stereocenters. The summed E-state index contributed by atoms with van der Waals surface area (Å²) in [6, 6.07) is 6.77. The maximum atomic E-state index is 16.7. The Labute approximate surface area is 358 Å². The number of rotatable bonds is 15. The fourth-order valence-corrected chi connectivity index (χ4v) is 11.1. The minimum absolute atomic E-state index is 0.00744. The number of alkyl halides is 2. The average Bonchev–Trinajstić information content (AvgIpc) is 4.04. The van der Waals surface area contributed by atoms with E-state index < -0.39 is 77.0 Å². The number of anilines is 2. The van der Waals surface area contributed by atoms with Gasteiger partial charge < -0.3 is 40.0 Å². The number of benzene rings is 1. The Morgan fingerprint density at radius 2 is 1.37 bits per heavy atom. The highest BCUT2D eigenvalue weighted by Crippen LogP contribution is 2.65. The highest BCUT2D eigenvalue weighted by atomic mass is 32.7. The molecule has 25 nitrogen and oxygen atoms in total. The lowest BCUT2D eigenvalue weighted by atomic mass is 10.1. The Morgan fingerprint density at radius 1 is 0.810 bits per heavy atom. The van der Waals surface area contributed by atoms with E-state index in [1.54, 1.807) is 24.3 Å². The highest BCUT2D eigenvalue weighted by Gasteiger charge is 2.55. The molecule has 338 valence electrons. The van der Waals surface area contributed by atoms with Crippen molar-refractivity contribution < 1.29 is 64.6 Å². The summed E-state index contributed by atoms with van der Waals surface area (Å²) in [7, 11) is -5.18. The first-order chi connectivity index (χ1) is 30.4. The number of nitrogen functional groups attached to an aromatic ring is 2. The summed E-state index contributed by atoms with van der Waals surface area (Å²) in [4.78, 5) is 37.9. The van der Waals surface area contributed by atoms with E-state index in [4.69, 9.17) is 58.8 Å². The van der Waals surface area contributed by atoms with Crippen molar-refractivity contribution in [3.63, 3.8) is 0 Å². The van der Waals surface area contributed by atoms with Crippen LogP contribution >= 0.6 is 26.0 Å². The molecule has 3 aliphatic rings. The zero-order valence-electron chi connectivity index (χ0n) is 32.7. The number of phosphoric acid groups is 1. The van der Waals surface area contributed by atoms with Crippen molar-refractivity contribution in [1.82, 2.24) is 39.0 Å². The van der Waals surface area contributed by atoms with Crippen molar-refractivity contribution in [3.05, 3.63) is 65.6 Å². The van der Waals surface area contributed by atoms with Gasteiger partial charge in [0.2, 0.25) is 0 Å². The van der Waals surface area contributed by atoms with Crippen LogP contribution in [0.3, 0.4) is 0 Å². The molecule has 7 heterocycles. The summed E-state index contributed by atoms with van der Waals surface area (Å²) < 4.78 is 115. The predicted molar refractivity (Wildman–Crippen MR) is 215 cm³/mol. The quantitative estimate of drug-likeness (QED) is 0.0439. The van der Waals surface area contributed by atoms with Gasteiger partial charge in [-0.1, -0.05) is 17.2 Å². The fraction of sp³-hybridized carbons (Fsp3) is 0.515. The van der Waals surface area contributed by atoms with Gasteiger partial charge in [0.05, 0.1) is 52.3 Å². The fourth-order valence-electron chi connectivity index (χ4n) is 6.76. The van der Waals surface area contributed by atoms with Crippen LogP contribution in [0.25, 0.3) is 32.8 Å². The third-order valence-corrected chi connectivity index (χ3v) is 14.4. The van der Waals surface area contributed by atoms with Gasteiger partial charge in [0.25, 0.3) is 0 Å². The van der Waals surface area contributed by atoms with Crippen LogP contribution < -0.4 is 16.2 Å². The number of imidazole rings is 2. The number of ether oxygens (including phenoxy) is 5. The van der Waals surface area contributed by atoms with Gasteiger partial charge in [0.15, 0.2) is 47.7 Å². The molecule has 63 heavy (non-hydrogen) atoms. The van der Waals surface area contributed by atoms with Crippen molar-refractivity contribution in [2.75, 3.05) is 64.3 Å². The number of hydrogen-bond acceptors (Lipinski definition) is 21. The second-order valence-electron chi connectivity index (χ2n) is 13.8. The first kappa shape index (κ1) is 44.9. The standard InChI is InChI=1S/C33H39F2N13O12P2S/c34-22-26-21(58-32(22)47-16-43-24-28(36)39-14-41-30(24)47)12-56-62(51,63-13-18-1-3-19(4-2-18)54-10-9-53-8-7-52-6-5-45-46-38)60-27-20(11-55-61(49,50)59-26)57-33(23(27)35)48-17-44-25-29(37)40-15-42-31(25)48/h1-4,14-17,20-23,26-27,32-33H,5-13H2,(H,49,50)(H2,36,39,41)(H2,37,40,42)/t20-,21-,22-,23-,26-,27-,32-,33-,62+/m1/s1. The third kappa shape index (κ3) is 10.2. The van der Waals surface area contributed by atoms with Gasteiger partial charge in [-0.3, -0.25) is 27.2 Å². The van der Waals surface area contributed by atoms with E-state index in [0.29, 0.717) is 35.9 Å². The van der Waals surface area contributed by atoms with Crippen molar-refractivity contribution >= 4 is 60.0 Å². The maximum Gasteiger partial charge on any atom is 0.472 e. The Bertz CT molecular complexity index is 2530. The summed E-state index contributed by atoms with van der Waals surface area (Å²) in [6.07, 6.45) is -9.40. The Kier molecular flexibility index (Phi) is 14.0. The van der Waals surface area contributed by atoms with E-state index in [1.165, 1.54) is 21.8 Å². The molecule has 5 N–H and O–H groups in total. The molecule has 30 heteroatoms. The lowest BCUT2D eigenvalue weighted by Gasteiger charge is -2.29. The number of nitrogens with zero attached hydrogens (tertiary/aromatic N) is 11. The number of aromatic nitrogens is 8. The Balaban J connectivity index is 1.000. The minimum Gasteiger partial charge on any atom is -0.491 e. The van der Waals surface area contributed by atoms with E-state index in [9.17, 15) is 14.0 Å². The van der Waals surface area contributed by atoms with Crippen LogP contribution in [0.1, 0.15) is 18.0 Å². The van der Waals surface area contributed by atoms with Gasteiger partial charge in [0.1, 0.15) is 60.5 Å². The second-order valence-corrected chi connectivity index (χ2v) is 19.2. The summed E-state index contributed by atoms with van der Waals surface area (Å²) >= 11 is 0.691. The number of fused-ring (bicyclic) bond motifs is 4. The SMILES string of the molecule is [N-]=[N+]=NCCOCCOCCOc1ccc(CS[P@@]2(=O)OC[C@H]3O[C@@H](n4cnc5c(N)ncnc54)[C@H](F)[C@@H]3OP(=O)(O)OC[C@H]3O[C@@H](n4cnc5c(N)ncnc54)[C@H](F)[C@@H]3O2)cc1. The topological polar surface area (TPSA) is 325 Å². The van der Waals surface area contributed by atoms with E-state index >= 15 is 8.78 Å². The molecule has 4 aromatic heterocycles. The molecule has 0 radical (unpaired) electrons. The number of azide groups is 1. The van der Waals surface area contributed by atoms with Crippen molar-refractivity contribution in [2.45, 2.75) is 55.0 Å². The normalized spacial score (nSPS) is 30.0. The van der Waals surface area contributed by atoms with Crippen molar-refractivity contribution in [1.29, 1.82) is 0 Å². The van der Waals surface area contributed by atoms with Gasteiger partial charge in [-0.2, -0.15) is 0 Å². The highest BCUT2D eigenvalue weighted by molar-refractivity contribution is 8.54. The molecule has 0 spiro atoms. The minimum atomic E-state index is -5.18. The van der Waals surface area contributed by atoms with E-state index in [-0.39, 0.29) is 66.1 Å². The van der Waals surface area contributed by atoms with Gasteiger partial charge >= 0.3 is 14.6 Å². The molecule has 1 aromatic carbocycles. The third-order valence-electron chi connectivity index (χ3n) is 9.74. The lowest BCUT2D eigenvalue weighted by Crippen LogP contribution is -2.37. The van der Waals surface area contributed by atoms with Crippen molar-refractivity contribution in [2.24, 2.45) is 5.11 Å². The largest absolute Gasteiger partial charge is 0.491 e. The van der Waals surface area contributed by atoms with Crippen LogP contribution in [0.5, 0.6) is 5.75 Å². The molecule has 3 fully saturated rings. The van der Waals surface area contributed by atoms with Gasteiger partial charge in [-0.05, 0) is 34.6 Å². The first-order valence-electron chi connectivity index (χ1n) is 19.0. The zero-order valence-corrected chi connectivity index (χ0v) is 35.3. The average molecular weight is 942 g/mol. The Hall–Kier alpha value is -4.66. The van der Waals surface area contributed by atoms with Gasteiger partial charge in [-0.15, -0.1) is 0 Å². The molecule has 0 saturated carbocycles. The molecule has 0 aliphatic carbocycles. The number of halogens is 2. The second kappa shape index (κ2) is 19.6.